The number of ketones is 4. The van der Waals surface area contributed by atoms with Crippen LogP contribution in [0.4, 0.5) is 0 Å². The van der Waals surface area contributed by atoms with E-state index in [2.05, 4.69) is 11.8 Å². The molecule has 0 saturated heterocycles. The largest absolute Gasteiger partial charge is 0.508 e. The van der Waals surface area contributed by atoms with Crippen molar-refractivity contribution in [3.05, 3.63) is 45.2 Å². The van der Waals surface area contributed by atoms with E-state index in [1.807, 2.05) is 0 Å². The number of hydrogen-bond donors (Lipinski definition) is 4. The van der Waals surface area contributed by atoms with Gasteiger partial charge in [0, 0.05) is 34.7 Å². The second-order valence-electron chi connectivity index (χ2n) is 14.4. The highest BCUT2D eigenvalue weighted by Gasteiger charge is 2.72. The maximum absolute atomic E-state index is 14.6. The summed E-state index contributed by atoms with van der Waals surface area (Å²) in [6, 6.07) is 1.75. The molecule has 5 rings (SSSR count). The lowest BCUT2D eigenvalue weighted by molar-refractivity contribution is -0.178. The summed E-state index contributed by atoms with van der Waals surface area (Å²) in [5.41, 5.74) is -4.51. The molecule has 0 aliphatic heterocycles. The van der Waals surface area contributed by atoms with Crippen molar-refractivity contribution in [2.45, 2.75) is 105 Å². The summed E-state index contributed by atoms with van der Waals surface area (Å²) in [5, 5.41) is 46.9. The van der Waals surface area contributed by atoms with Crippen LogP contribution in [0.25, 0.3) is 5.76 Å². The van der Waals surface area contributed by atoms with E-state index in [4.69, 9.17) is 0 Å². The van der Waals surface area contributed by atoms with Gasteiger partial charge in [0.05, 0.1) is 11.1 Å². The summed E-state index contributed by atoms with van der Waals surface area (Å²) in [7, 11) is 0. The average molecular weight is 617 g/mol. The number of fused-ring (bicyclic) bond motifs is 3. The van der Waals surface area contributed by atoms with Crippen molar-refractivity contribution in [1.82, 2.24) is 0 Å². The van der Waals surface area contributed by atoms with E-state index in [1.54, 1.807) is 40.7 Å². The number of aliphatic hydroxyl groups is 3. The van der Waals surface area contributed by atoms with Crippen LogP contribution in [0, 0.1) is 40.4 Å². The van der Waals surface area contributed by atoms with Crippen molar-refractivity contribution in [2.75, 3.05) is 0 Å². The van der Waals surface area contributed by atoms with Gasteiger partial charge < -0.3 is 20.4 Å². The van der Waals surface area contributed by atoms with E-state index in [-0.39, 0.29) is 47.0 Å². The van der Waals surface area contributed by atoms with Crippen LogP contribution in [0.2, 0.25) is 0 Å². The van der Waals surface area contributed by atoms with E-state index in [0.29, 0.717) is 18.4 Å². The molecule has 2 saturated carbocycles. The van der Waals surface area contributed by atoms with Gasteiger partial charge in [-0.3, -0.25) is 19.2 Å². The predicted molar refractivity (Wildman–Crippen MR) is 168 cm³/mol. The number of benzene rings is 1. The molecule has 4 N–H and O–H groups in total. The van der Waals surface area contributed by atoms with Crippen LogP contribution in [0.1, 0.15) is 109 Å². The molecule has 4 atom stereocenters. The fourth-order valence-corrected chi connectivity index (χ4v) is 9.20. The highest BCUT2D eigenvalue weighted by Crippen LogP contribution is 2.65. The average Bonchev–Trinajstić information content (AvgIpc) is 2.95. The number of aryl methyl sites for hydroxylation is 1. The molecule has 4 aliphatic carbocycles. The third kappa shape index (κ3) is 4.69. The van der Waals surface area contributed by atoms with Gasteiger partial charge in [0.2, 0.25) is 5.78 Å². The van der Waals surface area contributed by atoms with Crippen molar-refractivity contribution in [3.63, 3.8) is 0 Å². The number of allylic oxidation sites excluding steroid dienone is 1. The van der Waals surface area contributed by atoms with Crippen molar-refractivity contribution in [3.8, 4) is 17.6 Å². The molecule has 1 unspecified atom stereocenters. The number of hydrogen-bond acceptors (Lipinski definition) is 8. The normalized spacial score (nSPS) is 30.0. The minimum atomic E-state index is -2.66. The maximum Gasteiger partial charge on any atom is 0.203 e. The Morgan fingerprint density at radius 1 is 1.07 bits per heavy atom. The third-order valence-corrected chi connectivity index (χ3v) is 11.1. The van der Waals surface area contributed by atoms with Crippen LogP contribution in [-0.2, 0) is 32.0 Å². The summed E-state index contributed by atoms with van der Waals surface area (Å²) < 4.78 is 0. The molecule has 8 heteroatoms. The Hall–Kier alpha value is -3.70. The molecular formula is C37H44O8. The molecule has 1 aromatic rings. The quantitative estimate of drug-likeness (QED) is 0.237. The molecule has 0 aromatic heterocycles. The van der Waals surface area contributed by atoms with Crippen molar-refractivity contribution in [1.29, 1.82) is 0 Å². The van der Waals surface area contributed by atoms with E-state index in [9.17, 15) is 39.6 Å². The zero-order chi connectivity index (χ0) is 33.2. The summed E-state index contributed by atoms with van der Waals surface area (Å²) in [4.78, 5) is 54.1. The van der Waals surface area contributed by atoms with E-state index in [0.717, 1.165) is 44.6 Å². The molecule has 2 fully saturated rings. The van der Waals surface area contributed by atoms with Crippen LogP contribution < -0.4 is 0 Å². The van der Waals surface area contributed by atoms with Gasteiger partial charge in [-0.15, -0.1) is 5.92 Å². The summed E-state index contributed by atoms with van der Waals surface area (Å²) in [5.74, 6) is 0.248. The molecular weight excluding hydrogens is 572 g/mol. The van der Waals surface area contributed by atoms with Crippen LogP contribution in [0.15, 0.2) is 23.0 Å². The van der Waals surface area contributed by atoms with Gasteiger partial charge in [-0.05, 0) is 69.1 Å². The minimum Gasteiger partial charge on any atom is -0.508 e. The first-order valence-electron chi connectivity index (χ1n) is 16.1. The smallest absolute Gasteiger partial charge is 0.203 e. The number of phenols is 1. The summed E-state index contributed by atoms with van der Waals surface area (Å²) in [6.45, 7) is 9.63. The van der Waals surface area contributed by atoms with E-state index in [1.165, 1.54) is 0 Å². The minimum absolute atomic E-state index is 0.0165. The van der Waals surface area contributed by atoms with Gasteiger partial charge >= 0.3 is 0 Å². The molecule has 1 aromatic carbocycles. The number of rotatable bonds is 6. The molecule has 240 valence electrons. The van der Waals surface area contributed by atoms with Gasteiger partial charge in [0.15, 0.2) is 17.2 Å². The molecule has 0 heterocycles. The molecule has 8 nitrogen and oxygen atoms in total. The van der Waals surface area contributed by atoms with Gasteiger partial charge in [-0.1, -0.05) is 52.9 Å². The second kappa shape index (κ2) is 11.3. The van der Waals surface area contributed by atoms with Gasteiger partial charge in [0.25, 0.3) is 0 Å². The van der Waals surface area contributed by atoms with Crippen LogP contribution >= 0.6 is 0 Å². The van der Waals surface area contributed by atoms with Gasteiger partial charge in [-0.25, -0.2) is 0 Å². The van der Waals surface area contributed by atoms with Crippen LogP contribution in [0.5, 0.6) is 5.75 Å². The summed E-state index contributed by atoms with van der Waals surface area (Å²) in [6.07, 6.45) is 5.83. The molecule has 0 bridgehead atoms. The SMILES string of the molecule is CC#Cc1cc(CCC(=O)C2CCCCC2)c2c(c1O)C(O)=C1C(=O)[C@@]3(O)C(O)=C(C(C)=O)C(=O)C(C(C)C)[C@@]3(C)C[C@@]1(C)C2. The Labute approximate surface area is 264 Å². The Morgan fingerprint density at radius 3 is 2.29 bits per heavy atom. The number of Topliss-reactive ketones (excluding diaryl/α,β-unsaturated/α-hetero) is 4. The van der Waals surface area contributed by atoms with Crippen molar-refractivity contribution < 1.29 is 39.6 Å². The first kappa shape index (κ1) is 32.7. The first-order chi connectivity index (χ1) is 21.0. The number of aliphatic hydroxyl groups excluding tert-OH is 2. The van der Waals surface area contributed by atoms with E-state index >= 15 is 0 Å². The first-order valence-corrected chi connectivity index (χ1v) is 16.1. The lowest BCUT2D eigenvalue weighted by Crippen LogP contribution is -2.69. The van der Waals surface area contributed by atoms with Gasteiger partial charge in [-0.2, -0.15) is 0 Å². The molecule has 0 spiro atoms. The third-order valence-electron chi connectivity index (χ3n) is 11.1. The lowest BCUT2D eigenvalue weighted by atomic mass is 9.43. The van der Waals surface area contributed by atoms with E-state index < -0.39 is 62.7 Å². The predicted octanol–water partition coefficient (Wildman–Crippen LogP) is 5.64. The molecule has 0 radical (unpaired) electrons. The monoisotopic (exact) mass is 616 g/mol. The fraction of sp³-hybridized carbons (Fsp3) is 0.568. The Balaban J connectivity index is 1.71. The lowest BCUT2D eigenvalue weighted by Gasteiger charge is -2.59. The Bertz CT molecular complexity index is 1640. The van der Waals surface area contributed by atoms with Crippen LogP contribution in [0.3, 0.4) is 0 Å². The van der Waals surface area contributed by atoms with Crippen molar-refractivity contribution >= 4 is 28.9 Å². The highest BCUT2D eigenvalue weighted by atomic mass is 16.3. The molecule has 0 amide bonds. The topological polar surface area (TPSA) is 149 Å². The molecule has 45 heavy (non-hydrogen) atoms. The highest BCUT2D eigenvalue weighted by molar-refractivity contribution is 6.24. The Morgan fingerprint density at radius 2 is 1.71 bits per heavy atom. The zero-order valence-electron chi connectivity index (χ0n) is 27.1. The second-order valence-corrected chi connectivity index (χ2v) is 14.4. The number of carbonyl (C=O) groups is 4. The van der Waals surface area contributed by atoms with Gasteiger partial charge in [0.1, 0.15) is 28.6 Å². The zero-order valence-corrected chi connectivity index (χ0v) is 27.1. The standard InChI is InChI=1S/C37H44O8/c1-7-11-23-16-22(14-15-25(39)21-12-9-8-10-13-21)24-17-35(5)18-36(6)28(19(2)3)31(41)26(20(4)38)33(43)37(36,45)34(44)29(35)32(42)27(24)30(23)40/h16,19,21,28,40,42-43,45H,8-10,12-15,17-18H2,1-6H3/t28?,35-,36-,37+/m1/s1. The number of aromatic hydroxyl groups is 1. The fourth-order valence-electron chi connectivity index (χ4n) is 9.20. The Kier molecular flexibility index (Phi) is 8.19. The molecule has 4 aliphatic rings. The van der Waals surface area contributed by atoms with Crippen LogP contribution in [-0.4, -0.2) is 49.2 Å². The maximum atomic E-state index is 14.6. The number of phenolic OH excluding ortho intramolecular Hbond substituents is 1. The number of carbonyl (C=O) groups excluding carboxylic acids is 4. The van der Waals surface area contributed by atoms with Crippen molar-refractivity contribution in [2.24, 2.45) is 28.6 Å². The summed E-state index contributed by atoms with van der Waals surface area (Å²) >= 11 is 0.